The molecule has 0 heterocycles. The quantitative estimate of drug-likeness (QED) is 0.323. The summed E-state index contributed by atoms with van der Waals surface area (Å²) in [4.78, 5) is 0. The summed E-state index contributed by atoms with van der Waals surface area (Å²) in [6, 6.07) is 7.47. The molecule has 1 aromatic rings. The second kappa shape index (κ2) is 8.70. The standard InChI is InChI=1S/C16H30INO2Si2/c1-6-7-10-21(2,3)19-15-11-14(8-9-18)12-16(13-15)20-22(4,5)17/h11-13H,6-10,18H2,1-5H3. The van der Waals surface area contributed by atoms with Gasteiger partial charge in [0, 0.05) is 6.07 Å². The molecule has 3 nitrogen and oxygen atoms in total. The second-order valence-electron chi connectivity index (χ2n) is 6.78. The number of hydrogen-bond donors (Lipinski definition) is 1. The van der Waals surface area contributed by atoms with Crippen LogP contribution in [0.4, 0.5) is 0 Å². The number of benzene rings is 1. The van der Waals surface area contributed by atoms with Crippen LogP contribution in [0, 0.1) is 0 Å². The first-order valence-corrected chi connectivity index (χ1v) is 17.2. The van der Waals surface area contributed by atoms with Gasteiger partial charge in [-0.25, -0.2) is 0 Å². The molecule has 1 rings (SSSR count). The molecule has 0 spiro atoms. The zero-order valence-electron chi connectivity index (χ0n) is 14.5. The molecule has 0 atom stereocenters. The van der Waals surface area contributed by atoms with E-state index in [2.05, 4.69) is 67.0 Å². The Morgan fingerprint density at radius 1 is 1.05 bits per heavy atom. The molecule has 0 saturated heterocycles. The van der Waals surface area contributed by atoms with Crippen LogP contribution in [0.2, 0.25) is 32.2 Å². The summed E-state index contributed by atoms with van der Waals surface area (Å²) in [5, 5.41) is 0. The first-order chi connectivity index (χ1) is 10.1. The highest BCUT2D eigenvalue weighted by molar-refractivity contribution is 14.1. The maximum atomic E-state index is 6.38. The third kappa shape index (κ3) is 7.98. The fraction of sp³-hybridized carbons (Fsp3) is 0.625. The van der Waals surface area contributed by atoms with Gasteiger partial charge in [-0.2, -0.15) is 0 Å². The Balaban J connectivity index is 2.97. The third-order valence-electron chi connectivity index (χ3n) is 3.26. The van der Waals surface area contributed by atoms with Gasteiger partial charge < -0.3 is 14.6 Å². The van der Waals surface area contributed by atoms with Gasteiger partial charge in [0.2, 0.25) is 8.32 Å². The van der Waals surface area contributed by atoms with Crippen molar-refractivity contribution < 1.29 is 8.85 Å². The minimum atomic E-state index is -1.67. The molecular formula is C16H30INO2Si2. The van der Waals surface area contributed by atoms with E-state index in [1.165, 1.54) is 24.4 Å². The van der Waals surface area contributed by atoms with Crippen LogP contribution in [0.15, 0.2) is 18.2 Å². The van der Waals surface area contributed by atoms with Crippen molar-refractivity contribution in [1.82, 2.24) is 0 Å². The molecular weight excluding hydrogens is 421 g/mol. The van der Waals surface area contributed by atoms with Gasteiger partial charge >= 0.3 is 5.81 Å². The normalized spacial score (nSPS) is 12.3. The number of unbranched alkanes of at least 4 members (excludes halogenated alkanes) is 1. The summed E-state index contributed by atoms with van der Waals surface area (Å²) in [7, 11) is -1.67. The van der Waals surface area contributed by atoms with Crippen molar-refractivity contribution in [3.63, 3.8) is 0 Å². The number of nitrogens with two attached hydrogens (primary N) is 1. The minimum Gasteiger partial charge on any atom is -0.544 e. The van der Waals surface area contributed by atoms with E-state index < -0.39 is 14.1 Å². The Bertz CT molecular complexity index is 476. The van der Waals surface area contributed by atoms with Crippen LogP contribution in [-0.2, 0) is 6.42 Å². The lowest BCUT2D eigenvalue weighted by molar-refractivity contribution is 0.528. The molecule has 1 aromatic carbocycles. The van der Waals surface area contributed by atoms with Gasteiger partial charge in [0.1, 0.15) is 11.5 Å². The Morgan fingerprint density at radius 2 is 1.64 bits per heavy atom. The Kier molecular flexibility index (Phi) is 7.90. The van der Waals surface area contributed by atoms with Crippen molar-refractivity contribution in [2.24, 2.45) is 5.73 Å². The summed E-state index contributed by atoms with van der Waals surface area (Å²) in [5.41, 5.74) is 6.91. The summed E-state index contributed by atoms with van der Waals surface area (Å²) in [6.07, 6.45) is 3.31. The van der Waals surface area contributed by atoms with Gasteiger partial charge in [0.15, 0.2) is 0 Å². The molecule has 0 saturated carbocycles. The average Bonchev–Trinajstić information content (AvgIpc) is 2.33. The Hall–Kier alpha value is -0.0562. The molecule has 0 radical (unpaired) electrons. The van der Waals surface area contributed by atoms with Crippen LogP contribution in [0.5, 0.6) is 11.5 Å². The monoisotopic (exact) mass is 451 g/mol. The lowest BCUT2D eigenvalue weighted by Crippen LogP contribution is -2.34. The van der Waals surface area contributed by atoms with Gasteiger partial charge in [0.05, 0.1) is 0 Å². The summed E-state index contributed by atoms with van der Waals surface area (Å²) >= 11 is 2.43. The highest BCUT2D eigenvalue weighted by Gasteiger charge is 2.25. The molecule has 0 bridgehead atoms. The van der Waals surface area contributed by atoms with Crippen molar-refractivity contribution in [3.05, 3.63) is 23.8 Å². The van der Waals surface area contributed by atoms with E-state index in [9.17, 15) is 0 Å². The van der Waals surface area contributed by atoms with E-state index >= 15 is 0 Å². The van der Waals surface area contributed by atoms with E-state index in [0.717, 1.165) is 17.9 Å². The van der Waals surface area contributed by atoms with E-state index in [0.29, 0.717) is 6.54 Å². The zero-order chi connectivity index (χ0) is 16.8. The molecule has 0 aliphatic carbocycles. The molecule has 6 heteroatoms. The molecule has 126 valence electrons. The van der Waals surface area contributed by atoms with Gasteiger partial charge in [0.25, 0.3) is 0 Å². The smallest absolute Gasteiger partial charge is 0.310 e. The van der Waals surface area contributed by atoms with Crippen LogP contribution >= 0.6 is 21.8 Å². The van der Waals surface area contributed by atoms with E-state index in [1.807, 2.05) is 6.07 Å². The van der Waals surface area contributed by atoms with Crippen molar-refractivity contribution in [3.8, 4) is 11.5 Å². The molecule has 2 N–H and O–H groups in total. The van der Waals surface area contributed by atoms with Crippen molar-refractivity contribution in [1.29, 1.82) is 0 Å². The lowest BCUT2D eigenvalue weighted by Gasteiger charge is -2.26. The highest BCUT2D eigenvalue weighted by Crippen LogP contribution is 2.29. The molecule has 0 aliphatic heterocycles. The molecule has 0 fully saturated rings. The zero-order valence-corrected chi connectivity index (χ0v) is 18.7. The van der Waals surface area contributed by atoms with E-state index in [4.69, 9.17) is 14.6 Å². The average molecular weight is 451 g/mol. The summed E-state index contributed by atoms with van der Waals surface area (Å²) < 4.78 is 12.5. The molecule has 0 aromatic heterocycles. The Labute approximate surface area is 150 Å². The SMILES string of the molecule is CCCC[Si](C)(C)Oc1cc(CCN)cc(O[Si](C)(C)I)c1. The van der Waals surface area contributed by atoms with Crippen molar-refractivity contribution in [2.75, 3.05) is 6.54 Å². The van der Waals surface area contributed by atoms with Crippen LogP contribution < -0.4 is 14.6 Å². The van der Waals surface area contributed by atoms with Gasteiger partial charge in [-0.05, 0) is 62.9 Å². The molecule has 22 heavy (non-hydrogen) atoms. The largest absolute Gasteiger partial charge is 0.544 e. The van der Waals surface area contributed by atoms with Crippen LogP contribution in [0.3, 0.4) is 0 Å². The molecule has 0 unspecified atom stereocenters. The fourth-order valence-electron chi connectivity index (χ4n) is 2.31. The van der Waals surface area contributed by atoms with Crippen molar-refractivity contribution in [2.45, 2.75) is 58.4 Å². The number of halogens is 1. The maximum absolute atomic E-state index is 6.38. The van der Waals surface area contributed by atoms with E-state index in [1.54, 1.807) is 0 Å². The van der Waals surface area contributed by atoms with Gasteiger partial charge in [-0.3, -0.25) is 0 Å². The third-order valence-corrected chi connectivity index (χ3v) is 6.99. The second-order valence-corrected chi connectivity index (χ2v) is 21.7. The van der Waals surface area contributed by atoms with E-state index in [-0.39, 0.29) is 0 Å². The topological polar surface area (TPSA) is 44.5 Å². The minimum absolute atomic E-state index is 0.643. The first kappa shape index (κ1) is 20.0. The first-order valence-electron chi connectivity index (χ1n) is 8.06. The fourth-order valence-corrected chi connectivity index (χ4v) is 5.82. The van der Waals surface area contributed by atoms with Crippen molar-refractivity contribution >= 4 is 35.9 Å². The Morgan fingerprint density at radius 3 is 2.14 bits per heavy atom. The number of hydrogen-bond acceptors (Lipinski definition) is 3. The predicted octanol–water partition coefficient (Wildman–Crippen LogP) is 5.09. The van der Waals surface area contributed by atoms with Crippen LogP contribution in [0.1, 0.15) is 25.3 Å². The predicted molar refractivity (Wildman–Crippen MR) is 109 cm³/mol. The summed E-state index contributed by atoms with van der Waals surface area (Å²) in [5.74, 6) is 0.219. The molecule has 0 amide bonds. The highest BCUT2D eigenvalue weighted by atomic mass is 127. The van der Waals surface area contributed by atoms with Crippen LogP contribution in [-0.4, -0.2) is 20.7 Å². The molecule has 0 aliphatic rings. The van der Waals surface area contributed by atoms with Gasteiger partial charge in [-0.1, -0.05) is 41.6 Å². The summed E-state index contributed by atoms with van der Waals surface area (Å²) in [6.45, 7) is 11.8. The van der Waals surface area contributed by atoms with Crippen LogP contribution in [0.25, 0.3) is 0 Å². The number of rotatable bonds is 9. The van der Waals surface area contributed by atoms with Gasteiger partial charge in [-0.15, -0.1) is 0 Å². The lowest BCUT2D eigenvalue weighted by atomic mass is 10.1. The maximum Gasteiger partial charge on any atom is 0.310 e.